The second kappa shape index (κ2) is 6.15. The van der Waals surface area contributed by atoms with E-state index in [1.54, 1.807) is 7.11 Å². The van der Waals surface area contributed by atoms with Crippen LogP contribution in [0.1, 0.15) is 36.6 Å². The molecule has 0 amide bonds. The largest absolute Gasteiger partial charge is 0.496 e. The zero-order valence-corrected chi connectivity index (χ0v) is 13.9. The third kappa shape index (κ3) is 2.96. The van der Waals surface area contributed by atoms with Gasteiger partial charge in [0, 0.05) is 29.5 Å². The number of aryl methyl sites for hydroxylation is 1. The van der Waals surface area contributed by atoms with Crippen LogP contribution in [0.4, 0.5) is 0 Å². The maximum absolute atomic E-state index is 5.40. The summed E-state index contributed by atoms with van der Waals surface area (Å²) in [4.78, 5) is 0. The van der Waals surface area contributed by atoms with Crippen molar-refractivity contribution in [3.05, 3.63) is 39.9 Å². The van der Waals surface area contributed by atoms with Crippen LogP contribution in [0, 0.1) is 0 Å². The highest BCUT2D eigenvalue weighted by Crippen LogP contribution is 2.24. The molecule has 0 radical (unpaired) electrons. The number of aromatic nitrogens is 3. The van der Waals surface area contributed by atoms with Crippen molar-refractivity contribution in [1.29, 1.82) is 0 Å². The van der Waals surface area contributed by atoms with Gasteiger partial charge in [-0.05, 0) is 31.5 Å². The number of hydrogen-bond donors (Lipinski definition) is 1. The Morgan fingerprint density at radius 2 is 2.29 bits per heavy atom. The molecule has 0 fully saturated rings. The van der Waals surface area contributed by atoms with E-state index in [1.807, 2.05) is 12.1 Å². The second-order valence-electron chi connectivity index (χ2n) is 5.29. The lowest BCUT2D eigenvalue weighted by molar-refractivity contribution is 0.405. The van der Waals surface area contributed by atoms with Crippen molar-refractivity contribution in [2.24, 2.45) is 0 Å². The van der Waals surface area contributed by atoms with Gasteiger partial charge in [-0.3, -0.25) is 0 Å². The normalized spacial score (nSPS) is 15.0. The molecule has 1 aliphatic rings. The van der Waals surface area contributed by atoms with Crippen molar-refractivity contribution in [2.45, 2.75) is 38.9 Å². The lowest BCUT2D eigenvalue weighted by Crippen LogP contribution is -2.22. The van der Waals surface area contributed by atoms with E-state index in [0.717, 1.165) is 46.9 Å². The number of benzene rings is 1. The summed E-state index contributed by atoms with van der Waals surface area (Å²) in [6.45, 7) is 3.88. The molecule has 3 rings (SSSR count). The highest BCUT2D eigenvalue weighted by atomic mass is 79.9. The molecule has 0 saturated carbocycles. The van der Waals surface area contributed by atoms with Gasteiger partial charge in [0.1, 0.15) is 17.4 Å². The van der Waals surface area contributed by atoms with E-state index in [-0.39, 0.29) is 6.04 Å². The second-order valence-corrected chi connectivity index (χ2v) is 6.20. The lowest BCUT2D eigenvalue weighted by atomic mass is 10.2. The predicted molar refractivity (Wildman–Crippen MR) is 84.3 cm³/mol. The molecule has 1 aromatic heterocycles. The highest BCUT2D eigenvalue weighted by Gasteiger charge is 2.21. The van der Waals surface area contributed by atoms with Gasteiger partial charge in [0.25, 0.3) is 0 Å². The minimum Gasteiger partial charge on any atom is -0.496 e. The third-order valence-corrected chi connectivity index (χ3v) is 4.36. The SMILES string of the molecule is COc1ccc(Br)cc1CNC(C)c1nnc2n1CCC2. The molecule has 0 aliphatic carbocycles. The van der Waals surface area contributed by atoms with Gasteiger partial charge in [-0.15, -0.1) is 10.2 Å². The van der Waals surface area contributed by atoms with Crippen molar-refractivity contribution in [3.63, 3.8) is 0 Å². The van der Waals surface area contributed by atoms with Crippen LogP contribution in [0.3, 0.4) is 0 Å². The van der Waals surface area contributed by atoms with Crippen LogP contribution in [0.25, 0.3) is 0 Å². The number of methoxy groups -OCH3 is 1. The number of ether oxygens (including phenoxy) is 1. The van der Waals surface area contributed by atoms with Crippen molar-refractivity contribution >= 4 is 15.9 Å². The summed E-state index contributed by atoms with van der Waals surface area (Å²) in [5.74, 6) is 3.03. The number of rotatable bonds is 5. The molecule has 1 N–H and O–H groups in total. The molecule has 112 valence electrons. The van der Waals surface area contributed by atoms with E-state index >= 15 is 0 Å². The quantitative estimate of drug-likeness (QED) is 0.900. The van der Waals surface area contributed by atoms with E-state index in [2.05, 4.69) is 49.0 Å². The van der Waals surface area contributed by atoms with E-state index in [0.29, 0.717) is 0 Å². The Balaban J connectivity index is 1.71. The van der Waals surface area contributed by atoms with Gasteiger partial charge in [-0.1, -0.05) is 15.9 Å². The van der Waals surface area contributed by atoms with Gasteiger partial charge >= 0.3 is 0 Å². The molecule has 0 saturated heterocycles. The van der Waals surface area contributed by atoms with Crippen LogP contribution in [0.5, 0.6) is 5.75 Å². The van der Waals surface area contributed by atoms with Gasteiger partial charge in [0.15, 0.2) is 0 Å². The maximum atomic E-state index is 5.40. The monoisotopic (exact) mass is 350 g/mol. The predicted octanol–water partition coefficient (Wildman–Crippen LogP) is 2.85. The van der Waals surface area contributed by atoms with Crippen molar-refractivity contribution < 1.29 is 4.74 Å². The van der Waals surface area contributed by atoms with Gasteiger partial charge in [0.05, 0.1) is 13.2 Å². The standard InChI is InChI=1S/C15H19BrN4O/c1-10(15-19-18-14-4-3-7-20(14)15)17-9-11-8-12(16)5-6-13(11)21-2/h5-6,8,10,17H,3-4,7,9H2,1-2H3. The molecule has 2 heterocycles. The molecule has 2 aromatic rings. The lowest BCUT2D eigenvalue weighted by Gasteiger charge is -2.15. The van der Waals surface area contributed by atoms with Crippen LogP contribution in [-0.4, -0.2) is 21.9 Å². The van der Waals surface area contributed by atoms with Crippen LogP contribution < -0.4 is 10.1 Å². The Morgan fingerprint density at radius 3 is 3.10 bits per heavy atom. The first-order chi connectivity index (χ1) is 10.2. The van der Waals surface area contributed by atoms with E-state index in [4.69, 9.17) is 4.74 Å². The maximum Gasteiger partial charge on any atom is 0.149 e. The van der Waals surface area contributed by atoms with E-state index in [1.165, 1.54) is 6.42 Å². The Bertz CT molecular complexity index is 641. The zero-order chi connectivity index (χ0) is 14.8. The van der Waals surface area contributed by atoms with E-state index < -0.39 is 0 Å². The summed E-state index contributed by atoms with van der Waals surface area (Å²) in [5.41, 5.74) is 1.12. The highest BCUT2D eigenvalue weighted by molar-refractivity contribution is 9.10. The van der Waals surface area contributed by atoms with Crippen LogP contribution in [0.15, 0.2) is 22.7 Å². The first-order valence-corrected chi connectivity index (χ1v) is 7.96. The molecular formula is C15H19BrN4O. The van der Waals surface area contributed by atoms with E-state index in [9.17, 15) is 0 Å². The number of fused-ring (bicyclic) bond motifs is 1. The average Bonchev–Trinajstić information content (AvgIpc) is 3.07. The fraction of sp³-hybridized carbons (Fsp3) is 0.467. The van der Waals surface area contributed by atoms with Crippen molar-refractivity contribution in [1.82, 2.24) is 20.1 Å². The molecule has 1 unspecified atom stereocenters. The summed E-state index contributed by atoms with van der Waals surface area (Å²) >= 11 is 3.50. The summed E-state index contributed by atoms with van der Waals surface area (Å²) in [5, 5.41) is 12.1. The fourth-order valence-electron chi connectivity index (χ4n) is 2.73. The number of halogens is 1. The minimum absolute atomic E-state index is 0.160. The number of nitrogens with zero attached hydrogens (tertiary/aromatic N) is 3. The van der Waals surface area contributed by atoms with Gasteiger partial charge in [-0.2, -0.15) is 0 Å². The summed E-state index contributed by atoms with van der Waals surface area (Å²) < 4.78 is 8.69. The van der Waals surface area contributed by atoms with Crippen molar-refractivity contribution in [2.75, 3.05) is 7.11 Å². The summed E-state index contributed by atoms with van der Waals surface area (Å²) in [6, 6.07) is 6.19. The molecular weight excluding hydrogens is 332 g/mol. The minimum atomic E-state index is 0.160. The molecule has 0 spiro atoms. The molecule has 0 bridgehead atoms. The zero-order valence-electron chi connectivity index (χ0n) is 12.3. The molecule has 21 heavy (non-hydrogen) atoms. The topological polar surface area (TPSA) is 52.0 Å². The molecule has 1 aromatic carbocycles. The molecule has 1 aliphatic heterocycles. The first-order valence-electron chi connectivity index (χ1n) is 7.17. The Hall–Kier alpha value is -1.40. The number of hydrogen-bond acceptors (Lipinski definition) is 4. The smallest absolute Gasteiger partial charge is 0.149 e. The third-order valence-electron chi connectivity index (χ3n) is 3.87. The fourth-order valence-corrected chi connectivity index (χ4v) is 3.14. The van der Waals surface area contributed by atoms with Crippen LogP contribution >= 0.6 is 15.9 Å². The molecule has 1 atom stereocenters. The summed E-state index contributed by atoms with van der Waals surface area (Å²) in [6.07, 6.45) is 2.21. The number of nitrogens with one attached hydrogen (secondary N) is 1. The van der Waals surface area contributed by atoms with Crippen molar-refractivity contribution in [3.8, 4) is 5.75 Å². The van der Waals surface area contributed by atoms with Crippen LogP contribution in [0.2, 0.25) is 0 Å². The summed E-state index contributed by atoms with van der Waals surface area (Å²) in [7, 11) is 1.70. The molecule has 5 nitrogen and oxygen atoms in total. The van der Waals surface area contributed by atoms with Gasteiger partial charge in [-0.25, -0.2) is 0 Å². The average molecular weight is 351 g/mol. The van der Waals surface area contributed by atoms with Gasteiger partial charge < -0.3 is 14.6 Å². The van der Waals surface area contributed by atoms with Crippen LogP contribution in [-0.2, 0) is 19.5 Å². The molecule has 6 heteroatoms. The Morgan fingerprint density at radius 1 is 1.43 bits per heavy atom. The first kappa shape index (κ1) is 14.5. The Kier molecular flexibility index (Phi) is 4.26. The van der Waals surface area contributed by atoms with Gasteiger partial charge in [0.2, 0.25) is 0 Å². The Labute approximate surface area is 132 Å².